The van der Waals surface area contributed by atoms with Crippen LogP contribution in [0.2, 0.25) is 0 Å². The van der Waals surface area contributed by atoms with Gasteiger partial charge in [-0.2, -0.15) is 0 Å². The molecule has 8 atom stereocenters. The third-order valence-electron chi connectivity index (χ3n) is 11.0. The topological polar surface area (TPSA) is 237 Å². The Kier molecular flexibility index (Phi) is 19.0. The number of hydrogen-bond acceptors (Lipinski definition) is 15. The second-order valence-electron chi connectivity index (χ2n) is 18.9. The minimum absolute atomic E-state index is 0.0589. The Morgan fingerprint density at radius 2 is 1.01 bits per heavy atom. The van der Waals surface area contributed by atoms with E-state index >= 15 is 0 Å². The van der Waals surface area contributed by atoms with Gasteiger partial charge in [0, 0.05) is 6.42 Å². The maximum atomic E-state index is 14.6. The number of rotatable bonds is 18. The minimum atomic E-state index is -1.76. The lowest BCUT2D eigenvalue weighted by atomic mass is 9.85. The summed E-state index contributed by atoms with van der Waals surface area (Å²) >= 11 is 0. The van der Waals surface area contributed by atoms with Crippen molar-refractivity contribution in [1.29, 1.82) is 0 Å². The van der Waals surface area contributed by atoms with Crippen molar-refractivity contribution in [3.05, 3.63) is 156 Å². The number of nitrogens with one attached hydrogen (secondary N) is 3. The zero-order valence-electron chi connectivity index (χ0n) is 41.4. The first-order valence-corrected chi connectivity index (χ1v) is 23.1. The number of amides is 3. The first-order valence-electron chi connectivity index (χ1n) is 23.1. The van der Waals surface area contributed by atoms with Crippen LogP contribution in [0.15, 0.2) is 133 Å². The van der Waals surface area contributed by atoms with Crippen molar-refractivity contribution in [3.8, 4) is 0 Å². The van der Waals surface area contributed by atoms with Gasteiger partial charge in [-0.1, -0.05) is 100 Å². The Hall–Kier alpha value is -7.86. The number of hydrogen-bond donors (Lipinski definition) is 3. The van der Waals surface area contributed by atoms with Crippen LogP contribution in [0.5, 0.6) is 0 Å². The molecule has 18 nitrogen and oxygen atoms in total. The molecule has 0 spiro atoms. The van der Waals surface area contributed by atoms with E-state index in [9.17, 15) is 38.4 Å². The summed E-state index contributed by atoms with van der Waals surface area (Å²) in [6, 6.07) is 27.4. The molecule has 4 aromatic rings. The molecule has 0 saturated carbocycles. The zero-order valence-corrected chi connectivity index (χ0v) is 41.4. The predicted molar refractivity (Wildman–Crippen MR) is 260 cm³/mol. The van der Waals surface area contributed by atoms with E-state index in [1.165, 1.54) is 55.5 Å². The lowest BCUT2D eigenvalue weighted by Crippen LogP contribution is -2.63. The quantitative estimate of drug-likeness (QED) is 0.0561. The van der Waals surface area contributed by atoms with Crippen molar-refractivity contribution < 1.29 is 71.5 Å². The highest BCUT2D eigenvalue weighted by Crippen LogP contribution is 2.35. The molecule has 5 rings (SSSR count). The molecule has 1 heterocycles. The van der Waals surface area contributed by atoms with Gasteiger partial charge < -0.3 is 49.1 Å². The van der Waals surface area contributed by atoms with E-state index in [2.05, 4.69) is 22.5 Å². The standard InChI is InChI=1S/C54H61N3O15/c1-32(30-38(56-52(65)72-54(6,7)8)45(58)57-44(53(3,4)5)46(59)55-33(2)47(60)66-9)40-42(70-50(63)36-26-18-12-19-27-36)43(71-51(64)37-28-20-13-21-29-37)41(69-49(62)35-24-16-11-17-25-35)39(68-40)31-67-48(61)34-22-14-10-15-23-34/h10-29,33,38-44H,1,30-31H2,2-9H3,(H,55,59)(H,56,65)(H,57,58)/t33-,38-,39?,40+,41+,42?,43?,44+/m0/s1. The van der Waals surface area contributed by atoms with E-state index in [1.807, 2.05) is 0 Å². The van der Waals surface area contributed by atoms with Crippen LogP contribution in [-0.2, 0) is 47.5 Å². The molecular formula is C54H61N3O15. The largest absolute Gasteiger partial charge is 0.467 e. The van der Waals surface area contributed by atoms with E-state index < -0.39 is 120 Å². The van der Waals surface area contributed by atoms with Crippen LogP contribution in [0, 0.1) is 5.41 Å². The molecule has 0 radical (unpaired) electrons. The molecule has 1 aliphatic heterocycles. The molecule has 3 amide bonds. The second-order valence-corrected chi connectivity index (χ2v) is 18.9. The van der Waals surface area contributed by atoms with Gasteiger partial charge in [-0.3, -0.25) is 9.59 Å². The van der Waals surface area contributed by atoms with E-state index in [-0.39, 0.29) is 27.8 Å². The first-order chi connectivity index (χ1) is 34.1. The fourth-order valence-corrected chi connectivity index (χ4v) is 7.38. The molecule has 0 aromatic heterocycles. The Morgan fingerprint density at radius 3 is 1.44 bits per heavy atom. The van der Waals surface area contributed by atoms with E-state index in [1.54, 1.807) is 114 Å². The van der Waals surface area contributed by atoms with Crippen molar-refractivity contribution in [3.63, 3.8) is 0 Å². The Labute approximate surface area is 418 Å². The molecule has 1 saturated heterocycles. The number of alkyl carbamates (subject to hydrolysis) is 1. The summed E-state index contributed by atoms with van der Waals surface area (Å²) in [6.45, 7) is 14.8. The van der Waals surface area contributed by atoms with Gasteiger partial charge in [-0.25, -0.2) is 28.8 Å². The second kappa shape index (κ2) is 24.8. The van der Waals surface area contributed by atoms with Crippen LogP contribution < -0.4 is 16.0 Å². The number of carbonyl (C=O) groups is 8. The van der Waals surface area contributed by atoms with Gasteiger partial charge in [-0.15, -0.1) is 0 Å². The zero-order chi connectivity index (χ0) is 52.8. The highest BCUT2D eigenvalue weighted by Gasteiger charge is 2.54. The van der Waals surface area contributed by atoms with E-state index in [0.29, 0.717) is 0 Å². The van der Waals surface area contributed by atoms with Crippen molar-refractivity contribution in [2.45, 2.75) is 109 Å². The average molecular weight is 992 g/mol. The molecule has 4 aromatic carbocycles. The molecule has 1 fully saturated rings. The Bertz CT molecular complexity index is 2540. The number of esters is 5. The molecule has 3 unspecified atom stereocenters. The molecular weight excluding hydrogens is 931 g/mol. The molecule has 18 heteroatoms. The Balaban J connectivity index is 1.64. The maximum Gasteiger partial charge on any atom is 0.408 e. The van der Waals surface area contributed by atoms with Crippen molar-refractivity contribution in [2.75, 3.05) is 13.7 Å². The lowest BCUT2D eigenvalue weighted by molar-refractivity contribution is -0.220. The Morgan fingerprint density at radius 1 is 0.583 bits per heavy atom. The average Bonchev–Trinajstić information content (AvgIpc) is 3.35. The molecule has 72 heavy (non-hydrogen) atoms. The van der Waals surface area contributed by atoms with Crippen LogP contribution >= 0.6 is 0 Å². The van der Waals surface area contributed by atoms with Gasteiger partial charge in [-0.05, 0) is 87.2 Å². The van der Waals surface area contributed by atoms with Gasteiger partial charge in [0.1, 0.15) is 42.5 Å². The van der Waals surface area contributed by atoms with Crippen LogP contribution in [-0.4, -0.2) is 116 Å². The van der Waals surface area contributed by atoms with Gasteiger partial charge in [0.25, 0.3) is 0 Å². The smallest absolute Gasteiger partial charge is 0.408 e. The fraction of sp³-hybridized carbons (Fsp3) is 0.370. The molecule has 3 N–H and O–H groups in total. The third-order valence-corrected chi connectivity index (χ3v) is 11.0. The minimum Gasteiger partial charge on any atom is -0.467 e. The molecule has 0 aliphatic carbocycles. The summed E-state index contributed by atoms with van der Waals surface area (Å²) in [7, 11) is 1.16. The van der Waals surface area contributed by atoms with Crippen molar-refractivity contribution >= 4 is 47.8 Å². The summed E-state index contributed by atoms with van der Waals surface area (Å²) in [5, 5.41) is 7.78. The molecule has 0 bridgehead atoms. The predicted octanol–water partition coefficient (Wildman–Crippen LogP) is 6.34. The summed E-state index contributed by atoms with van der Waals surface area (Å²) < 4.78 is 41.3. The van der Waals surface area contributed by atoms with Crippen LogP contribution in [0.4, 0.5) is 4.79 Å². The van der Waals surface area contributed by atoms with Crippen molar-refractivity contribution in [2.24, 2.45) is 5.41 Å². The fourth-order valence-electron chi connectivity index (χ4n) is 7.38. The summed E-state index contributed by atoms with van der Waals surface area (Å²) in [4.78, 5) is 110. The normalized spacial score (nSPS) is 18.8. The van der Waals surface area contributed by atoms with E-state index in [4.69, 9.17) is 33.2 Å². The van der Waals surface area contributed by atoms with Gasteiger partial charge in [0.2, 0.25) is 11.8 Å². The summed E-state index contributed by atoms with van der Waals surface area (Å²) in [5.74, 6) is -6.00. The van der Waals surface area contributed by atoms with Gasteiger partial charge in [0.05, 0.1) is 29.4 Å². The maximum absolute atomic E-state index is 14.6. The third kappa shape index (κ3) is 15.6. The van der Waals surface area contributed by atoms with E-state index in [0.717, 1.165) is 7.11 Å². The van der Waals surface area contributed by atoms with Crippen LogP contribution in [0.25, 0.3) is 0 Å². The van der Waals surface area contributed by atoms with Gasteiger partial charge in [0.15, 0.2) is 18.3 Å². The highest BCUT2D eigenvalue weighted by molar-refractivity contribution is 5.94. The van der Waals surface area contributed by atoms with Crippen LogP contribution in [0.3, 0.4) is 0 Å². The first kappa shape index (κ1) is 55.1. The summed E-state index contributed by atoms with van der Waals surface area (Å²) in [6.07, 6.45) is -9.87. The lowest BCUT2D eigenvalue weighted by Gasteiger charge is -2.45. The van der Waals surface area contributed by atoms with Gasteiger partial charge >= 0.3 is 35.9 Å². The number of ether oxygens (including phenoxy) is 7. The highest BCUT2D eigenvalue weighted by atomic mass is 16.7. The molecule has 1 aliphatic rings. The van der Waals surface area contributed by atoms with Crippen LogP contribution in [0.1, 0.15) is 96.3 Å². The summed E-state index contributed by atoms with van der Waals surface area (Å²) in [5.41, 5.74) is -1.74. The number of carbonyl (C=O) groups excluding carboxylic acids is 8. The molecule has 382 valence electrons. The van der Waals surface area contributed by atoms with Crippen molar-refractivity contribution in [1.82, 2.24) is 16.0 Å². The number of methoxy groups -OCH3 is 1. The monoisotopic (exact) mass is 991 g/mol. The number of benzene rings is 4. The SMILES string of the molecule is C=C(C[C@H](NC(=O)OC(C)(C)C)C(=O)N[C@H](C(=O)N[C@@H](C)C(=O)OC)C(C)(C)C)[C@H]1OC(COC(=O)c2ccccc2)[C@@H](OC(=O)c2ccccc2)C(OC(=O)c2ccccc2)C1OC(=O)c1ccccc1.